The van der Waals surface area contributed by atoms with Crippen LogP contribution in [0, 0.1) is 6.92 Å². The Morgan fingerprint density at radius 1 is 1.39 bits per heavy atom. The van der Waals surface area contributed by atoms with E-state index in [1.165, 1.54) is 13.0 Å². The van der Waals surface area contributed by atoms with Crippen LogP contribution in [0.15, 0.2) is 33.7 Å². The number of carbonyl (C=O) groups excluding carboxylic acids is 1. The fraction of sp³-hybridized carbons (Fsp3) is 0.444. The number of nitrogens with one attached hydrogen (secondary N) is 1. The summed E-state index contributed by atoms with van der Waals surface area (Å²) in [6.07, 6.45) is -0.416. The minimum atomic E-state index is -3.70. The first-order chi connectivity index (χ1) is 13.2. The number of hydrogen-bond donors (Lipinski definition) is 3. The van der Waals surface area contributed by atoms with Gasteiger partial charge in [0.05, 0.1) is 23.2 Å². The van der Waals surface area contributed by atoms with E-state index in [-0.39, 0.29) is 17.3 Å². The van der Waals surface area contributed by atoms with Gasteiger partial charge < -0.3 is 20.3 Å². The van der Waals surface area contributed by atoms with Gasteiger partial charge in [-0.25, -0.2) is 13.1 Å². The van der Waals surface area contributed by atoms with Crippen molar-refractivity contribution in [3.63, 3.8) is 0 Å². The molecule has 0 saturated carbocycles. The lowest BCUT2D eigenvalue weighted by Gasteiger charge is -2.31. The number of amides is 1. The first-order valence-electron chi connectivity index (χ1n) is 8.93. The topological polar surface area (TPSA) is 139 Å². The highest BCUT2D eigenvalue weighted by Gasteiger charge is 2.28. The number of nitrogens with zero attached hydrogens (tertiary/aromatic N) is 2. The second kappa shape index (κ2) is 8.00. The van der Waals surface area contributed by atoms with Crippen LogP contribution in [0.1, 0.15) is 29.5 Å². The van der Waals surface area contributed by atoms with Gasteiger partial charge in [-0.05, 0) is 43.5 Å². The molecule has 0 saturated heterocycles. The van der Waals surface area contributed by atoms with Crippen LogP contribution >= 0.6 is 0 Å². The molecule has 0 fully saturated rings. The summed E-state index contributed by atoms with van der Waals surface area (Å²) in [5, 5.41) is 13.3. The molecule has 2 aromatic rings. The highest BCUT2D eigenvalue weighted by atomic mass is 32.2. The fourth-order valence-corrected chi connectivity index (χ4v) is 4.10. The number of fused-ring (bicyclic) bond motifs is 1. The van der Waals surface area contributed by atoms with Crippen LogP contribution in [0.4, 0.5) is 0 Å². The molecule has 152 valence electrons. The monoisotopic (exact) mass is 408 g/mol. The second-order valence-corrected chi connectivity index (χ2v) is 8.73. The van der Waals surface area contributed by atoms with Crippen LogP contribution in [0.3, 0.4) is 0 Å². The molecule has 9 nitrogen and oxygen atoms in total. The summed E-state index contributed by atoms with van der Waals surface area (Å²) < 4.78 is 32.5. The van der Waals surface area contributed by atoms with Crippen molar-refractivity contribution in [3.8, 4) is 0 Å². The van der Waals surface area contributed by atoms with Crippen molar-refractivity contribution in [2.24, 2.45) is 5.73 Å². The van der Waals surface area contributed by atoms with Crippen molar-refractivity contribution in [1.29, 1.82) is 0 Å². The normalized spacial score (nSPS) is 16.5. The molecule has 1 aliphatic heterocycles. The molecule has 2 unspecified atom stereocenters. The van der Waals surface area contributed by atoms with E-state index in [0.29, 0.717) is 31.0 Å². The van der Waals surface area contributed by atoms with Gasteiger partial charge in [0.2, 0.25) is 15.9 Å². The summed E-state index contributed by atoms with van der Waals surface area (Å²) in [7, 11) is -3.70. The number of aryl methyl sites for hydroxylation is 1. The van der Waals surface area contributed by atoms with Gasteiger partial charge in [-0.2, -0.15) is 0 Å². The number of benzene rings is 1. The van der Waals surface area contributed by atoms with Gasteiger partial charge in [0.25, 0.3) is 0 Å². The molecule has 2 heterocycles. The third-order valence-corrected chi connectivity index (χ3v) is 6.14. The lowest BCUT2D eigenvalue weighted by Crippen LogP contribution is -2.50. The number of aliphatic hydroxyl groups is 1. The molecule has 0 bridgehead atoms. The average Bonchev–Trinajstić information content (AvgIpc) is 3.09. The third-order valence-electron chi connectivity index (χ3n) is 4.74. The van der Waals surface area contributed by atoms with Gasteiger partial charge in [-0.1, -0.05) is 11.2 Å². The lowest BCUT2D eigenvalue weighted by molar-refractivity contribution is -0.135. The van der Waals surface area contributed by atoms with Crippen molar-refractivity contribution in [3.05, 3.63) is 46.8 Å². The maximum Gasteiger partial charge on any atom is 0.242 e. The molecule has 28 heavy (non-hydrogen) atoms. The number of carbonyl (C=O) groups is 1. The largest absolute Gasteiger partial charge is 0.391 e. The molecule has 10 heteroatoms. The molecular weight excluding hydrogens is 384 g/mol. The molecule has 1 aromatic heterocycles. The minimum absolute atomic E-state index is 0.0380. The Bertz CT molecular complexity index is 970. The van der Waals surface area contributed by atoms with E-state index in [1.807, 2.05) is 0 Å². The summed E-state index contributed by atoms with van der Waals surface area (Å²) in [4.78, 5) is 14.1. The number of rotatable bonds is 6. The summed E-state index contributed by atoms with van der Waals surface area (Å²) in [6.45, 7) is 4.00. The van der Waals surface area contributed by atoms with Crippen molar-refractivity contribution in [2.45, 2.75) is 50.4 Å². The SMILES string of the molecule is Cc1cc(CNS(=O)(=O)c2ccc3c(c2)CCN(C(=O)C(N)C(C)O)C3)no1. The zero-order chi connectivity index (χ0) is 20.5. The predicted molar refractivity (Wildman–Crippen MR) is 100 cm³/mol. The zero-order valence-electron chi connectivity index (χ0n) is 15.8. The van der Waals surface area contributed by atoms with E-state index in [4.69, 9.17) is 10.3 Å². The standard InChI is InChI=1S/C18H24N4O5S/c1-11-7-15(21-27-11)9-20-28(25,26)16-4-3-14-10-22(6-5-13(14)8-16)18(24)17(19)12(2)23/h3-4,7-8,12,17,20,23H,5-6,9-10,19H2,1-2H3. The minimum Gasteiger partial charge on any atom is -0.391 e. The quantitative estimate of drug-likeness (QED) is 0.614. The molecule has 0 radical (unpaired) electrons. The van der Waals surface area contributed by atoms with E-state index in [0.717, 1.165) is 11.1 Å². The Balaban J connectivity index is 1.71. The average molecular weight is 408 g/mol. The van der Waals surface area contributed by atoms with Gasteiger partial charge >= 0.3 is 0 Å². The van der Waals surface area contributed by atoms with Crippen LogP contribution in [-0.2, 0) is 34.3 Å². The molecule has 1 aromatic carbocycles. The Hall–Kier alpha value is -2.27. The number of aliphatic hydroxyl groups excluding tert-OH is 1. The maximum atomic E-state index is 12.6. The number of hydrogen-bond acceptors (Lipinski definition) is 7. The summed E-state index contributed by atoms with van der Waals surface area (Å²) in [5.74, 6) is 0.291. The van der Waals surface area contributed by atoms with Gasteiger partial charge in [-0.3, -0.25) is 4.79 Å². The Morgan fingerprint density at radius 3 is 2.79 bits per heavy atom. The van der Waals surface area contributed by atoms with Crippen LogP contribution in [0.25, 0.3) is 0 Å². The molecule has 0 spiro atoms. The van der Waals surface area contributed by atoms with Gasteiger partial charge in [0.1, 0.15) is 11.8 Å². The number of nitrogens with two attached hydrogens (primary N) is 1. The number of aromatic nitrogens is 1. The molecule has 2 atom stereocenters. The van der Waals surface area contributed by atoms with E-state index >= 15 is 0 Å². The van der Waals surface area contributed by atoms with Crippen LogP contribution < -0.4 is 10.5 Å². The Kier molecular flexibility index (Phi) is 5.84. The van der Waals surface area contributed by atoms with Gasteiger partial charge in [0.15, 0.2) is 0 Å². The van der Waals surface area contributed by atoms with Gasteiger partial charge in [0, 0.05) is 19.2 Å². The van der Waals surface area contributed by atoms with E-state index in [9.17, 15) is 18.3 Å². The fourth-order valence-electron chi connectivity index (χ4n) is 3.06. The highest BCUT2D eigenvalue weighted by molar-refractivity contribution is 7.89. The first kappa shape index (κ1) is 20.5. The summed E-state index contributed by atoms with van der Waals surface area (Å²) in [5.41, 5.74) is 7.97. The van der Waals surface area contributed by atoms with Crippen molar-refractivity contribution < 1.29 is 22.8 Å². The zero-order valence-corrected chi connectivity index (χ0v) is 16.6. The molecule has 3 rings (SSSR count). The van der Waals surface area contributed by atoms with Crippen molar-refractivity contribution in [2.75, 3.05) is 6.54 Å². The van der Waals surface area contributed by atoms with E-state index < -0.39 is 22.2 Å². The molecule has 0 aliphatic carbocycles. The van der Waals surface area contributed by atoms with Gasteiger partial charge in [-0.15, -0.1) is 0 Å². The highest BCUT2D eigenvalue weighted by Crippen LogP contribution is 2.23. The van der Waals surface area contributed by atoms with Crippen molar-refractivity contribution in [1.82, 2.24) is 14.8 Å². The van der Waals surface area contributed by atoms with Crippen LogP contribution in [0.2, 0.25) is 0 Å². The molecule has 1 aliphatic rings. The molecule has 4 N–H and O–H groups in total. The Labute approximate surface area is 163 Å². The Morgan fingerprint density at radius 2 is 2.14 bits per heavy atom. The summed E-state index contributed by atoms with van der Waals surface area (Å²) in [6, 6.07) is 5.54. The van der Waals surface area contributed by atoms with Crippen LogP contribution in [0.5, 0.6) is 0 Å². The smallest absolute Gasteiger partial charge is 0.242 e. The van der Waals surface area contributed by atoms with Crippen molar-refractivity contribution >= 4 is 15.9 Å². The van der Waals surface area contributed by atoms with E-state index in [1.54, 1.807) is 30.0 Å². The first-order valence-corrected chi connectivity index (χ1v) is 10.4. The maximum absolute atomic E-state index is 12.6. The van der Waals surface area contributed by atoms with E-state index in [2.05, 4.69) is 9.88 Å². The molecular formula is C18H24N4O5S. The molecule has 1 amide bonds. The second-order valence-electron chi connectivity index (χ2n) is 6.96. The number of sulfonamides is 1. The lowest BCUT2D eigenvalue weighted by atomic mass is 9.99. The third kappa shape index (κ3) is 4.41. The van der Waals surface area contributed by atoms with Crippen LogP contribution in [-0.4, -0.2) is 48.2 Å². The summed E-state index contributed by atoms with van der Waals surface area (Å²) >= 11 is 0. The predicted octanol–water partition coefficient (Wildman–Crippen LogP) is 0.0543.